The molecule has 1 aliphatic heterocycles. The third-order valence-electron chi connectivity index (χ3n) is 5.39. The molecule has 1 atom stereocenters. The van der Waals surface area contributed by atoms with Crippen LogP contribution < -0.4 is 16.1 Å². The summed E-state index contributed by atoms with van der Waals surface area (Å²) >= 11 is 3.34. The van der Waals surface area contributed by atoms with Gasteiger partial charge in [-0.3, -0.25) is 24.4 Å². The summed E-state index contributed by atoms with van der Waals surface area (Å²) in [5.74, 6) is -0.964. The number of piperidine rings is 1. The van der Waals surface area contributed by atoms with Crippen LogP contribution in [0.1, 0.15) is 70.7 Å². The Balaban J connectivity index is 0.00000150. The molecule has 202 valence electrons. The van der Waals surface area contributed by atoms with Gasteiger partial charge in [0.25, 0.3) is 5.91 Å². The SMILES string of the molecule is CC(C)C.CC(C)CC(CC(=O)NO)C(=O)NCC(=O)N1CCC(NC(=O)c2ccc(Br)cc2)CC1. The highest BCUT2D eigenvalue weighted by atomic mass is 79.9. The molecule has 2 rings (SSSR count). The van der Waals surface area contributed by atoms with Crippen LogP contribution in [0.3, 0.4) is 0 Å². The van der Waals surface area contributed by atoms with Crippen molar-refractivity contribution in [2.24, 2.45) is 17.8 Å². The molecule has 4 N–H and O–H groups in total. The number of amides is 4. The van der Waals surface area contributed by atoms with E-state index >= 15 is 0 Å². The lowest BCUT2D eigenvalue weighted by molar-refractivity contribution is -0.137. The van der Waals surface area contributed by atoms with Crippen LogP contribution in [0.25, 0.3) is 0 Å². The molecule has 0 spiro atoms. The Bertz CT molecular complexity index is 850. The largest absolute Gasteiger partial charge is 0.349 e. The smallest absolute Gasteiger partial charge is 0.251 e. The lowest BCUT2D eigenvalue weighted by Gasteiger charge is -2.32. The van der Waals surface area contributed by atoms with E-state index in [1.165, 1.54) is 0 Å². The highest BCUT2D eigenvalue weighted by Crippen LogP contribution is 2.16. The Labute approximate surface area is 222 Å². The van der Waals surface area contributed by atoms with E-state index in [0.717, 1.165) is 10.4 Å². The average Bonchev–Trinajstić information content (AvgIpc) is 2.82. The fourth-order valence-corrected chi connectivity index (χ4v) is 3.95. The van der Waals surface area contributed by atoms with E-state index in [2.05, 4.69) is 47.3 Å². The third kappa shape index (κ3) is 12.5. The molecule has 1 fully saturated rings. The number of carbonyl (C=O) groups is 4. The van der Waals surface area contributed by atoms with Crippen LogP contribution in [-0.4, -0.2) is 59.4 Å². The highest BCUT2D eigenvalue weighted by molar-refractivity contribution is 9.10. The van der Waals surface area contributed by atoms with Crippen LogP contribution >= 0.6 is 15.9 Å². The summed E-state index contributed by atoms with van der Waals surface area (Å²) in [4.78, 5) is 50.4. The average molecular weight is 570 g/mol. The summed E-state index contributed by atoms with van der Waals surface area (Å²) < 4.78 is 0.903. The maximum absolute atomic E-state index is 12.5. The fraction of sp³-hybridized carbons (Fsp3) is 0.615. The van der Waals surface area contributed by atoms with Gasteiger partial charge >= 0.3 is 0 Å². The van der Waals surface area contributed by atoms with Crippen molar-refractivity contribution in [3.63, 3.8) is 0 Å². The van der Waals surface area contributed by atoms with E-state index in [1.54, 1.807) is 22.5 Å². The lowest BCUT2D eigenvalue weighted by Crippen LogP contribution is -2.49. The first-order valence-corrected chi connectivity index (χ1v) is 13.3. The first-order chi connectivity index (χ1) is 16.9. The number of likely N-dealkylation sites (tertiary alicyclic amines) is 1. The first kappa shape index (κ1) is 31.6. The van der Waals surface area contributed by atoms with E-state index in [1.807, 2.05) is 26.0 Å². The zero-order valence-corrected chi connectivity index (χ0v) is 23.6. The molecule has 1 heterocycles. The van der Waals surface area contributed by atoms with Gasteiger partial charge < -0.3 is 15.5 Å². The molecule has 1 saturated heterocycles. The minimum Gasteiger partial charge on any atom is -0.349 e. The Hall–Kier alpha value is -2.46. The predicted octanol–water partition coefficient (Wildman–Crippen LogP) is 3.51. The number of hydrogen-bond donors (Lipinski definition) is 4. The fourth-order valence-electron chi connectivity index (χ4n) is 3.68. The van der Waals surface area contributed by atoms with Crippen molar-refractivity contribution < 1.29 is 24.4 Å². The van der Waals surface area contributed by atoms with Crippen molar-refractivity contribution in [3.8, 4) is 0 Å². The van der Waals surface area contributed by atoms with E-state index < -0.39 is 11.8 Å². The van der Waals surface area contributed by atoms with Gasteiger partial charge in [0.05, 0.1) is 6.54 Å². The maximum Gasteiger partial charge on any atom is 0.251 e. The minimum atomic E-state index is -0.635. The van der Waals surface area contributed by atoms with Gasteiger partial charge in [-0.15, -0.1) is 0 Å². The number of carbonyl (C=O) groups excluding carboxylic acids is 4. The predicted molar refractivity (Wildman–Crippen MR) is 142 cm³/mol. The zero-order chi connectivity index (χ0) is 27.3. The topological polar surface area (TPSA) is 128 Å². The summed E-state index contributed by atoms with van der Waals surface area (Å²) in [7, 11) is 0. The Morgan fingerprint density at radius 1 is 1.03 bits per heavy atom. The second kappa shape index (κ2) is 16.3. The summed E-state index contributed by atoms with van der Waals surface area (Å²) in [5, 5.41) is 14.3. The summed E-state index contributed by atoms with van der Waals surface area (Å²) in [6.45, 7) is 11.2. The maximum atomic E-state index is 12.5. The van der Waals surface area contributed by atoms with Gasteiger partial charge in [-0.2, -0.15) is 0 Å². The van der Waals surface area contributed by atoms with E-state index in [-0.39, 0.29) is 42.6 Å². The van der Waals surface area contributed by atoms with Crippen molar-refractivity contribution in [1.82, 2.24) is 21.0 Å². The molecule has 1 aromatic carbocycles. The molecule has 1 unspecified atom stereocenters. The van der Waals surface area contributed by atoms with Gasteiger partial charge in [-0.1, -0.05) is 50.5 Å². The molecule has 0 bridgehead atoms. The normalized spacial score (nSPS) is 14.5. The number of benzene rings is 1. The Morgan fingerprint density at radius 2 is 1.58 bits per heavy atom. The molecule has 1 aliphatic rings. The second-order valence-electron chi connectivity index (χ2n) is 10.2. The first-order valence-electron chi connectivity index (χ1n) is 12.5. The number of halogens is 1. The van der Waals surface area contributed by atoms with Crippen LogP contribution in [0.2, 0.25) is 0 Å². The van der Waals surface area contributed by atoms with Gasteiger partial charge in [0.2, 0.25) is 17.7 Å². The molecule has 1 aromatic rings. The minimum absolute atomic E-state index is 0.0165. The molecular weight excluding hydrogens is 528 g/mol. The molecule has 0 saturated carbocycles. The molecule has 36 heavy (non-hydrogen) atoms. The number of hydroxylamine groups is 1. The van der Waals surface area contributed by atoms with Crippen LogP contribution in [0.15, 0.2) is 28.7 Å². The van der Waals surface area contributed by atoms with Crippen molar-refractivity contribution >= 4 is 39.6 Å². The third-order valence-corrected chi connectivity index (χ3v) is 5.92. The van der Waals surface area contributed by atoms with Crippen LogP contribution in [0.5, 0.6) is 0 Å². The number of nitrogens with one attached hydrogen (secondary N) is 3. The van der Waals surface area contributed by atoms with Crippen molar-refractivity contribution in [2.45, 2.75) is 66.3 Å². The van der Waals surface area contributed by atoms with Crippen LogP contribution in [0.4, 0.5) is 0 Å². The Morgan fingerprint density at radius 3 is 2.08 bits per heavy atom. The van der Waals surface area contributed by atoms with Gasteiger partial charge in [0, 0.05) is 41.5 Å². The number of hydrogen-bond acceptors (Lipinski definition) is 5. The second-order valence-corrected chi connectivity index (χ2v) is 11.1. The summed E-state index contributed by atoms with van der Waals surface area (Å²) in [5.41, 5.74) is 2.13. The van der Waals surface area contributed by atoms with E-state index in [9.17, 15) is 19.2 Å². The van der Waals surface area contributed by atoms with Crippen molar-refractivity contribution in [1.29, 1.82) is 0 Å². The van der Waals surface area contributed by atoms with Crippen LogP contribution in [-0.2, 0) is 14.4 Å². The van der Waals surface area contributed by atoms with E-state index in [0.29, 0.717) is 37.9 Å². The van der Waals surface area contributed by atoms with E-state index in [4.69, 9.17) is 5.21 Å². The van der Waals surface area contributed by atoms with Crippen molar-refractivity contribution in [3.05, 3.63) is 34.3 Å². The summed E-state index contributed by atoms with van der Waals surface area (Å²) in [6, 6.07) is 7.10. The van der Waals surface area contributed by atoms with Gasteiger partial charge in [-0.25, -0.2) is 5.48 Å². The monoisotopic (exact) mass is 568 g/mol. The quantitative estimate of drug-likeness (QED) is 0.268. The Kier molecular flexibility index (Phi) is 14.3. The number of rotatable bonds is 9. The van der Waals surface area contributed by atoms with Gasteiger partial charge in [-0.05, 0) is 55.4 Å². The highest BCUT2D eigenvalue weighted by Gasteiger charge is 2.26. The zero-order valence-electron chi connectivity index (χ0n) is 22.0. The molecule has 0 radical (unpaired) electrons. The molecule has 0 aromatic heterocycles. The van der Waals surface area contributed by atoms with Gasteiger partial charge in [0.15, 0.2) is 0 Å². The molecule has 9 nitrogen and oxygen atoms in total. The summed E-state index contributed by atoms with van der Waals surface area (Å²) in [6.07, 6.45) is 1.60. The van der Waals surface area contributed by atoms with Crippen molar-refractivity contribution in [2.75, 3.05) is 19.6 Å². The standard InChI is InChI=1S/C22H31BrN4O5.C4H10/c1-14(2)11-16(12-19(28)26-32)21(30)24-13-20(29)27-9-7-18(8-10-27)25-22(31)15-3-5-17(23)6-4-15;1-4(2)3/h3-6,14,16,18,32H,7-13H2,1-2H3,(H,24,30)(H,25,31)(H,26,28);4H,1-3H3. The molecule has 10 heteroatoms. The number of nitrogens with zero attached hydrogens (tertiary/aromatic N) is 1. The lowest BCUT2D eigenvalue weighted by atomic mass is 9.93. The van der Waals surface area contributed by atoms with Gasteiger partial charge in [0.1, 0.15) is 0 Å². The van der Waals surface area contributed by atoms with Crippen LogP contribution in [0, 0.1) is 17.8 Å². The molecular formula is C26H41BrN4O5. The molecule has 0 aliphatic carbocycles. The molecule has 4 amide bonds.